The lowest BCUT2D eigenvalue weighted by Gasteiger charge is -2.38. The lowest BCUT2D eigenvalue weighted by atomic mass is 9.93. The summed E-state index contributed by atoms with van der Waals surface area (Å²) in [4.78, 5) is 14.0. The summed E-state index contributed by atoms with van der Waals surface area (Å²) in [6, 6.07) is 5.82. The highest BCUT2D eigenvalue weighted by Crippen LogP contribution is 2.31. The van der Waals surface area contributed by atoms with E-state index in [1.165, 1.54) is 0 Å². The van der Waals surface area contributed by atoms with Gasteiger partial charge in [0.2, 0.25) is 0 Å². The standard InChI is InChI=1S/C18H27ClN2O3/c1-12-11-21(17(22)24-18(2,3)4)9-8-14(12)20-15-7-6-13(19)10-16(15)23-5/h6-7,10,12,14,20H,8-9,11H2,1-5H3/t12-,14-/m0/s1. The van der Waals surface area contributed by atoms with Crippen molar-refractivity contribution in [3.05, 3.63) is 23.2 Å². The molecule has 1 fully saturated rings. The predicted molar refractivity (Wildman–Crippen MR) is 97.0 cm³/mol. The first-order chi connectivity index (χ1) is 11.2. The van der Waals surface area contributed by atoms with Crippen molar-refractivity contribution in [2.75, 3.05) is 25.5 Å². The highest BCUT2D eigenvalue weighted by molar-refractivity contribution is 6.30. The first-order valence-corrected chi connectivity index (χ1v) is 8.65. The van der Waals surface area contributed by atoms with E-state index in [-0.39, 0.29) is 12.1 Å². The number of hydrogen-bond acceptors (Lipinski definition) is 4. The molecule has 24 heavy (non-hydrogen) atoms. The van der Waals surface area contributed by atoms with Crippen LogP contribution in [0.5, 0.6) is 5.75 Å². The Labute approximate surface area is 149 Å². The molecule has 0 aromatic heterocycles. The van der Waals surface area contributed by atoms with Crippen LogP contribution in [0.15, 0.2) is 18.2 Å². The van der Waals surface area contributed by atoms with Gasteiger partial charge in [-0.15, -0.1) is 0 Å². The van der Waals surface area contributed by atoms with Crippen LogP contribution in [-0.4, -0.2) is 42.8 Å². The summed E-state index contributed by atoms with van der Waals surface area (Å²) in [5, 5.41) is 4.17. The Bertz CT molecular complexity index is 586. The third-order valence-corrected chi connectivity index (χ3v) is 4.30. The van der Waals surface area contributed by atoms with Crippen molar-refractivity contribution in [2.45, 2.75) is 45.8 Å². The van der Waals surface area contributed by atoms with Gasteiger partial charge in [0.1, 0.15) is 11.4 Å². The molecule has 0 aliphatic carbocycles. The molecule has 6 heteroatoms. The Hall–Kier alpha value is -1.62. The smallest absolute Gasteiger partial charge is 0.410 e. The average Bonchev–Trinajstić information content (AvgIpc) is 2.49. The molecule has 1 aromatic rings. The Morgan fingerprint density at radius 1 is 1.38 bits per heavy atom. The number of halogens is 1. The van der Waals surface area contributed by atoms with Crippen molar-refractivity contribution in [1.29, 1.82) is 0 Å². The summed E-state index contributed by atoms with van der Waals surface area (Å²) >= 11 is 6.01. The van der Waals surface area contributed by atoms with Crippen LogP contribution in [0.1, 0.15) is 34.1 Å². The molecule has 2 atom stereocenters. The highest BCUT2D eigenvalue weighted by atomic mass is 35.5. The number of methoxy groups -OCH3 is 1. The van der Waals surface area contributed by atoms with E-state index < -0.39 is 5.60 Å². The van der Waals surface area contributed by atoms with Gasteiger partial charge < -0.3 is 19.7 Å². The van der Waals surface area contributed by atoms with Crippen LogP contribution in [0.3, 0.4) is 0 Å². The number of anilines is 1. The zero-order chi connectivity index (χ0) is 17.9. The number of ether oxygens (including phenoxy) is 2. The number of nitrogens with zero attached hydrogens (tertiary/aromatic N) is 1. The summed E-state index contributed by atoms with van der Waals surface area (Å²) in [6.07, 6.45) is 0.614. The molecule has 0 saturated carbocycles. The number of likely N-dealkylation sites (tertiary alicyclic amines) is 1. The van der Waals surface area contributed by atoms with Gasteiger partial charge >= 0.3 is 6.09 Å². The summed E-state index contributed by atoms with van der Waals surface area (Å²) < 4.78 is 10.8. The summed E-state index contributed by atoms with van der Waals surface area (Å²) in [6.45, 7) is 9.13. The minimum Gasteiger partial charge on any atom is -0.495 e. The topological polar surface area (TPSA) is 50.8 Å². The number of rotatable bonds is 3. The minimum absolute atomic E-state index is 0.239. The van der Waals surface area contributed by atoms with Crippen LogP contribution in [-0.2, 0) is 4.74 Å². The fourth-order valence-electron chi connectivity index (χ4n) is 2.84. The molecular formula is C18H27ClN2O3. The molecule has 1 N–H and O–H groups in total. The van der Waals surface area contributed by atoms with Crippen molar-refractivity contribution < 1.29 is 14.3 Å². The van der Waals surface area contributed by atoms with Crippen LogP contribution in [0.4, 0.5) is 10.5 Å². The maximum Gasteiger partial charge on any atom is 0.410 e. The van der Waals surface area contributed by atoms with Crippen molar-refractivity contribution in [1.82, 2.24) is 4.90 Å². The van der Waals surface area contributed by atoms with Crippen LogP contribution in [0.25, 0.3) is 0 Å². The molecule has 0 bridgehead atoms. The van der Waals surface area contributed by atoms with Crippen molar-refractivity contribution in [3.63, 3.8) is 0 Å². The number of carbonyl (C=O) groups excluding carboxylic acids is 1. The molecule has 1 aromatic carbocycles. The Morgan fingerprint density at radius 3 is 2.67 bits per heavy atom. The molecule has 5 nitrogen and oxygen atoms in total. The monoisotopic (exact) mass is 354 g/mol. The van der Waals surface area contributed by atoms with Gasteiger partial charge in [-0.3, -0.25) is 0 Å². The number of carbonyl (C=O) groups is 1. The number of hydrogen-bond donors (Lipinski definition) is 1. The molecular weight excluding hydrogens is 328 g/mol. The van der Waals surface area contributed by atoms with E-state index in [2.05, 4.69) is 12.2 Å². The number of benzene rings is 1. The van der Waals surface area contributed by atoms with E-state index in [1.54, 1.807) is 18.1 Å². The van der Waals surface area contributed by atoms with Crippen molar-refractivity contribution >= 4 is 23.4 Å². The molecule has 1 aliphatic heterocycles. The molecule has 1 heterocycles. The molecule has 0 unspecified atom stereocenters. The largest absolute Gasteiger partial charge is 0.495 e. The third kappa shape index (κ3) is 4.94. The van der Waals surface area contributed by atoms with E-state index in [0.717, 1.165) is 17.9 Å². The van der Waals surface area contributed by atoms with Crippen molar-refractivity contribution in [3.8, 4) is 5.75 Å². The molecule has 1 amide bonds. The molecule has 0 radical (unpaired) electrons. The second kappa shape index (κ2) is 7.51. The SMILES string of the molecule is COc1cc(Cl)ccc1N[C@H]1CCN(C(=O)OC(C)(C)C)C[C@@H]1C. The average molecular weight is 355 g/mol. The molecule has 0 spiro atoms. The van der Waals surface area contributed by atoms with Gasteiger partial charge in [0.15, 0.2) is 0 Å². The summed E-state index contributed by atoms with van der Waals surface area (Å²) in [7, 11) is 1.63. The number of nitrogens with one attached hydrogen (secondary N) is 1. The quantitative estimate of drug-likeness (QED) is 0.873. The second-order valence-electron chi connectivity index (χ2n) is 7.29. The number of piperidine rings is 1. The Morgan fingerprint density at radius 2 is 2.08 bits per heavy atom. The zero-order valence-corrected chi connectivity index (χ0v) is 15.8. The maximum atomic E-state index is 12.2. The normalized spacial score (nSPS) is 21.3. The highest BCUT2D eigenvalue weighted by Gasteiger charge is 2.31. The Kier molecular flexibility index (Phi) is 5.86. The third-order valence-electron chi connectivity index (χ3n) is 4.06. The number of amides is 1. The fourth-order valence-corrected chi connectivity index (χ4v) is 3.00. The van der Waals surface area contributed by atoms with E-state index >= 15 is 0 Å². The van der Waals surface area contributed by atoms with E-state index in [0.29, 0.717) is 24.0 Å². The van der Waals surface area contributed by atoms with Gasteiger partial charge in [0, 0.05) is 30.2 Å². The second-order valence-corrected chi connectivity index (χ2v) is 7.72. The van der Waals surface area contributed by atoms with Crippen LogP contribution in [0, 0.1) is 5.92 Å². The van der Waals surface area contributed by atoms with E-state index in [1.807, 2.05) is 32.9 Å². The Balaban J connectivity index is 1.98. The summed E-state index contributed by atoms with van der Waals surface area (Å²) in [5.74, 6) is 1.02. The molecule has 1 saturated heterocycles. The lowest BCUT2D eigenvalue weighted by molar-refractivity contribution is 0.0165. The van der Waals surface area contributed by atoms with Crippen LogP contribution in [0.2, 0.25) is 5.02 Å². The van der Waals surface area contributed by atoms with Gasteiger partial charge in [-0.1, -0.05) is 18.5 Å². The van der Waals surface area contributed by atoms with Crippen LogP contribution < -0.4 is 10.1 Å². The van der Waals surface area contributed by atoms with Gasteiger partial charge in [-0.25, -0.2) is 4.79 Å². The van der Waals surface area contributed by atoms with Gasteiger partial charge in [-0.05, 0) is 45.2 Å². The predicted octanol–water partition coefficient (Wildman–Crippen LogP) is 4.41. The zero-order valence-electron chi connectivity index (χ0n) is 15.1. The van der Waals surface area contributed by atoms with Gasteiger partial charge in [0.05, 0.1) is 12.8 Å². The van der Waals surface area contributed by atoms with Crippen LogP contribution >= 0.6 is 11.6 Å². The van der Waals surface area contributed by atoms with Gasteiger partial charge in [-0.2, -0.15) is 0 Å². The fraction of sp³-hybridized carbons (Fsp3) is 0.611. The van der Waals surface area contributed by atoms with Gasteiger partial charge in [0.25, 0.3) is 0 Å². The molecule has 134 valence electrons. The first-order valence-electron chi connectivity index (χ1n) is 8.27. The molecule has 1 aliphatic rings. The minimum atomic E-state index is -0.466. The maximum absolute atomic E-state index is 12.2. The van der Waals surface area contributed by atoms with Crippen molar-refractivity contribution in [2.24, 2.45) is 5.92 Å². The summed E-state index contributed by atoms with van der Waals surface area (Å²) in [5.41, 5.74) is 0.455. The first kappa shape index (κ1) is 18.7. The van der Waals surface area contributed by atoms with E-state index in [9.17, 15) is 4.79 Å². The molecule has 2 rings (SSSR count). The lowest BCUT2D eigenvalue weighted by Crippen LogP contribution is -2.49. The van der Waals surface area contributed by atoms with E-state index in [4.69, 9.17) is 21.1 Å².